The van der Waals surface area contributed by atoms with Crippen molar-refractivity contribution < 1.29 is 24.3 Å². The third kappa shape index (κ3) is 6.65. The second-order valence-electron chi connectivity index (χ2n) is 8.43. The van der Waals surface area contributed by atoms with Crippen LogP contribution in [-0.2, 0) is 22.5 Å². The fourth-order valence-electron chi connectivity index (χ4n) is 3.97. The van der Waals surface area contributed by atoms with E-state index in [9.17, 15) is 20.0 Å². The number of hydrogen-bond acceptors (Lipinski definition) is 7. The molecule has 3 rings (SSSR count). The predicted molar refractivity (Wildman–Crippen MR) is 125 cm³/mol. The Bertz CT molecular complexity index is 1070. The number of nitrogens with zero attached hydrogens (tertiary/aromatic N) is 2. The fraction of sp³-hybridized carbons (Fsp3) is 0.385. The minimum atomic E-state index is -0.619. The van der Waals surface area contributed by atoms with Crippen LogP contribution in [0.15, 0.2) is 54.6 Å². The fourth-order valence-corrected chi connectivity index (χ4v) is 3.97. The Hall–Kier alpha value is -3.70. The maximum atomic E-state index is 13.0. The summed E-state index contributed by atoms with van der Waals surface area (Å²) < 4.78 is 12.0. The summed E-state index contributed by atoms with van der Waals surface area (Å²) in [6.45, 7) is 2.30. The van der Waals surface area contributed by atoms with E-state index in [2.05, 4.69) is 13.0 Å². The van der Waals surface area contributed by atoms with Gasteiger partial charge in [-0.05, 0) is 54.5 Å². The number of carbonyl (C=O) groups excluding carboxylic acids is 1. The highest BCUT2D eigenvalue weighted by molar-refractivity contribution is 5.94. The molecule has 1 aliphatic heterocycles. The van der Waals surface area contributed by atoms with Crippen molar-refractivity contribution in [3.05, 3.63) is 81.4 Å². The first-order chi connectivity index (χ1) is 16.4. The van der Waals surface area contributed by atoms with Crippen LogP contribution in [0.25, 0.3) is 0 Å². The van der Waals surface area contributed by atoms with Crippen LogP contribution in [0.4, 0.5) is 5.69 Å². The number of phenolic OH excluding ortho intramolecular Hbond substituents is 1. The van der Waals surface area contributed by atoms with Gasteiger partial charge in [0, 0.05) is 25.0 Å². The number of nitro benzene ring substituents is 1. The SMILES string of the molecule is C[C@H]1C/C=C\Cc2cccc(O)c2C(=O)O[C@@H](CCC#N)C[C@H]1OCc1ccc([N+](=O)[O-])cc1. The summed E-state index contributed by atoms with van der Waals surface area (Å²) in [6, 6.07) is 13.2. The number of nitriles is 1. The minimum Gasteiger partial charge on any atom is -0.507 e. The first kappa shape index (κ1) is 24.9. The molecule has 0 saturated carbocycles. The van der Waals surface area contributed by atoms with Gasteiger partial charge in [-0.2, -0.15) is 5.26 Å². The number of carbonyl (C=O) groups is 1. The monoisotopic (exact) mass is 464 g/mol. The summed E-state index contributed by atoms with van der Waals surface area (Å²) >= 11 is 0. The molecule has 0 aliphatic carbocycles. The molecule has 0 spiro atoms. The minimum absolute atomic E-state index is 0.0141. The standard InChI is InChI=1S/C26H28N2O6/c1-18-6-2-3-7-20-8-4-10-23(29)25(20)26(30)34-22(9-5-15-27)16-24(18)33-17-19-11-13-21(14-12-19)28(31)32/h2-4,8,10-14,18,22,24,29H,5-7,9,16-17H2,1H3/b3-2-/t18-,22-,24+/m0/s1. The number of hydrogen-bond donors (Lipinski definition) is 1. The van der Waals surface area contributed by atoms with Gasteiger partial charge in [0.25, 0.3) is 5.69 Å². The van der Waals surface area contributed by atoms with Gasteiger partial charge < -0.3 is 14.6 Å². The first-order valence-electron chi connectivity index (χ1n) is 11.3. The summed E-state index contributed by atoms with van der Waals surface area (Å²) in [5, 5.41) is 30.3. The van der Waals surface area contributed by atoms with Crippen molar-refractivity contribution in [2.24, 2.45) is 5.92 Å². The molecule has 0 amide bonds. The molecule has 1 aliphatic rings. The van der Waals surface area contributed by atoms with Crippen LogP contribution in [0.5, 0.6) is 5.75 Å². The lowest BCUT2D eigenvalue weighted by atomic mass is 9.93. The molecule has 178 valence electrons. The number of fused-ring (bicyclic) bond motifs is 1. The van der Waals surface area contributed by atoms with Crippen LogP contribution in [0.2, 0.25) is 0 Å². The number of aromatic hydroxyl groups is 1. The molecule has 0 radical (unpaired) electrons. The summed E-state index contributed by atoms with van der Waals surface area (Å²) in [6.07, 6.45) is 5.33. The molecule has 3 atom stereocenters. The number of cyclic esters (lactones) is 1. The van der Waals surface area contributed by atoms with E-state index in [4.69, 9.17) is 14.7 Å². The van der Waals surface area contributed by atoms with Crippen molar-refractivity contribution in [1.82, 2.24) is 0 Å². The Labute approximate surface area is 198 Å². The third-order valence-corrected chi connectivity index (χ3v) is 5.94. The van der Waals surface area contributed by atoms with Crippen molar-refractivity contribution in [2.45, 2.75) is 57.8 Å². The molecule has 0 bridgehead atoms. The molecule has 1 heterocycles. The largest absolute Gasteiger partial charge is 0.507 e. The van der Waals surface area contributed by atoms with Gasteiger partial charge >= 0.3 is 5.97 Å². The second kappa shape index (κ2) is 12.0. The van der Waals surface area contributed by atoms with Gasteiger partial charge in [0.15, 0.2) is 0 Å². The highest BCUT2D eigenvalue weighted by Gasteiger charge is 2.27. The van der Waals surface area contributed by atoms with Crippen LogP contribution in [0.1, 0.15) is 54.1 Å². The van der Waals surface area contributed by atoms with Gasteiger partial charge in [0.2, 0.25) is 0 Å². The smallest absolute Gasteiger partial charge is 0.342 e. The molecule has 1 N–H and O–H groups in total. The van der Waals surface area contributed by atoms with E-state index in [0.717, 1.165) is 12.0 Å². The van der Waals surface area contributed by atoms with E-state index in [1.165, 1.54) is 18.2 Å². The molecule has 2 aromatic carbocycles. The average Bonchev–Trinajstić information content (AvgIpc) is 2.82. The van der Waals surface area contributed by atoms with Crippen LogP contribution in [-0.4, -0.2) is 28.2 Å². The number of phenols is 1. The van der Waals surface area contributed by atoms with Gasteiger partial charge in [0.1, 0.15) is 17.4 Å². The molecule has 0 fully saturated rings. The number of benzene rings is 2. The molecular weight excluding hydrogens is 436 g/mol. The molecule has 2 aromatic rings. The number of esters is 1. The summed E-state index contributed by atoms with van der Waals surface area (Å²) in [4.78, 5) is 23.4. The average molecular weight is 465 g/mol. The molecule has 34 heavy (non-hydrogen) atoms. The predicted octanol–water partition coefficient (Wildman–Crippen LogP) is 5.24. The molecule has 0 unspecified atom stereocenters. The first-order valence-corrected chi connectivity index (χ1v) is 11.3. The molecule has 8 heteroatoms. The summed E-state index contributed by atoms with van der Waals surface area (Å²) in [5.41, 5.74) is 1.63. The summed E-state index contributed by atoms with van der Waals surface area (Å²) in [7, 11) is 0. The topological polar surface area (TPSA) is 123 Å². The van der Waals surface area contributed by atoms with Crippen molar-refractivity contribution in [3.63, 3.8) is 0 Å². The highest BCUT2D eigenvalue weighted by atomic mass is 16.6. The lowest BCUT2D eigenvalue weighted by Gasteiger charge is -2.28. The quantitative estimate of drug-likeness (QED) is 0.268. The number of nitro groups is 1. The van der Waals surface area contributed by atoms with E-state index in [1.807, 2.05) is 12.2 Å². The zero-order valence-electron chi connectivity index (χ0n) is 19.1. The van der Waals surface area contributed by atoms with Gasteiger partial charge in [-0.1, -0.05) is 31.2 Å². The Morgan fingerprint density at radius 3 is 2.71 bits per heavy atom. The molecule has 0 saturated heterocycles. The lowest BCUT2D eigenvalue weighted by molar-refractivity contribution is -0.384. The Morgan fingerprint density at radius 2 is 2.00 bits per heavy atom. The second-order valence-corrected chi connectivity index (χ2v) is 8.43. The maximum absolute atomic E-state index is 13.0. The Kier molecular flexibility index (Phi) is 8.77. The number of allylic oxidation sites excluding steroid dienone is 2. The van der Waals surface area contributed by atoms with Gasteiger partial charge in [-0.25, -0.2) is 4.79 Å². The van der Waals surface area contributed by atoms with E-state index in [0.29, 0.717) is 24.8 Å². The van der Waals surface area contributed by atoms with Crippen LogP contribution < -0.4 is 0 Å². The molecule has 8 nitrogen and oxygen atoms in total. The normalized spacial score (nSPS) is 21.8. The van der Waals surface area contributed by atoms with Crippen molar-refractivity contribution in [3.8, 4) is 11.8 Å². The van der Waals surface area contributed by atoms with Gasteiger partial charge in [0.05, 0.1) is 23.7 Å². The molecule has 0 aromatic heterocycles. The van der Waals surface area contributed by atoms with Crippen LogP contribution in [0, 0.1) is 27.4 Å². The number of ether oxygens (including phenoxy) is 2. The number of non-ortho nitro benzene ring substituents is 1. The van der Waals surface area contributed by atoms with E-state index >= 15 is 0 Å². The van der Waals surface area contributed by atoms with Crippen LogP contribution >= 0.6 is 0 Å². The Morgan fingerprint density at radius 1 is 1.24 bits per heavy atom. The van der Waals surface area contributed by atoms with Gasteiger partial charge in [-0.15, -0.1) is 0 Å². The zero-order valence-corrected chi connectivity index (χ0v) is 19.1. The van der Waals surface area contributed by atoms with Crippen molar-refractivity contribution >= 4 is 11.7 Å². The molecular formula is C26H28N2O6. The maximum Gasteiger partial charge on any atom is 0.342 e. The third-order valence-electron chi connectivity index (χ3n) is 5.94. The summed E-state index contributed by atoms with van der Waals surface area (Å²) in [5.74, 6) is -0.654. The van der Waals surface area contributed by atoms with E-state index < -0.39 is 17.0 Å². The van der Waals surface area contributed by atoms with Crippen LogP contribution in [0.3, 0.4) is 0 Å². The van der Waals surface area contributed by atoms with Crippen molar-refractivity contribution in [2.75, 3.05) is 0 Å². The Balaban J connectivity index is 1.81. The lowest BCUT2D eigenvalue weighted by Crippen LogP contribution is -2.30. The van der Waals surface area contributed by atoms with E-state index in [-0.39, 0.29) is 42.0 Å². The van der Waals surface area contributed by atoms with Crippen molar-refractivity contribution in [1.29, 1.82) is 5.26 Å². The van der Waals surface area contributed by atoms with Gasteiger partial charge in [-0.3, -0.25) is 10.1 Å². The number of rotatable bonds is 6. The zero-order chi connectivity index (χ0) is 24.5. The highest BCUT2D eigenvalue weighted by Crippen LogP contribution is 2.28. The van der Waals surface area contributed by atoms with E-state index in [1.54, 1.807) is 24.3 Å².